The number of amides is 1. The second-order valence-corrected chi connectivity index (χ2v) is 5.82. The van der Waals surface area contributed by atoms with Gasteiger partial charge in [-0.25, -0.2) is 5.43 Å². The Kier molecular flexibility index (Phi) is 4.84. The number of carbonyl (C=O) groups is 1. The first-order chi connectivity index (χ1) is 12.1. The van der Waals surface area contributed by atoms with Gasteiger partial charge in [-0.1, -0.05) is 25.1 Å². The molecule has 25 heavy (non-hydrogen) atoms. The fourth-order valence-corrected chi connectivity index (χ4v) is 2.94. The Hall–Kier alpha value is -3.08. The zero-order valence-electron chi connectivity index (χ0n) is 14.6. The van der Waals surface area contributed by atoms with E-state index in [0.29, 0.717) is 0 Å². The molecule has 0 atom stereocenters. The minimum atomic E-state index is -0.369. The van der Waals surface area contributed by atoms with Gasteiger partial charge in [-0.15, -0.1) is 0 Å². The highest BCUT2D eigenvalue weighted by Crippen LogP contribution is 2.23. The molecule has 1 aromatic carbocycles. The molecular weight excluding hydrogens is 314 g/mol. The van der Waals surface area contributed by atoms with E-state index in [1.54, 1.807) is 18.3 Å². The molecule has 0 unspecified atom stereocenters. The van der Waals surface area contributed by atoms with Gasteiger partial charge in [0.15, 0.2) is 5.76 Å². The molecule has 3 aromatic rings. The summed E-state index contributed by atoms with van der Waals surface area (Å²) in [5.41, 5.74) is 8.11. The molecule has 3 rings (SSSR count). The number of nitrogens with zero attached hydrogens (tertiary/aromatic N) is 2. The summed E-state index contributed by atoms with van der Waals surface area (Å²) >= 11 is 0. The van der Waals surface area contributed by atoms with Crippen molar-refractivity contribution < 1.29 is 9.21 Å². The summed E-state index contributed by atoms with van der Waals surface area (Å²) in [4.78, 5) is 11.8. The molecule has 0 aliphatic rings. The Balaban J connectivity index is 1.85. The molecule has 1 N–H and O–H groups in total. The Morgan fingerprint density at radius 2 is 2.04 bits per heavy atom. The number of nitrogens with one attached hydrogen (secondary N) is 1. The first-order valence-electron chi connectivity index (χ1n) is 8.26. The average molecular weight is 335 g/mol. The van der Waals surface area contributed by atoms with Crippen molar-refractivity contribution in [2.24, 2.45) is 5.10 Å². The van der Waals surface area contributed by atoms with E-state index in [0.717, 1.165) is 23.4 Å². The third kappa shape index (κ3) is 3.40. The maximum absolute atomic E-state index is 11.8. The van der Waals surface area contributed by atoms with Crippen LogP contribution in [0.25, 0.3) is 5.69 Å². The van der Waals surface area contributed by atoms with Crippen molar-refractivity contribution in [3.8, 4) is 5.69 Å². The largest absolute Gasteiger partial charge is 0.459 e. The molecule has 0 aliphatic carbocycles. The van der Waals surface area contributed by atoms with Crippen LogP contribution in [-0.4, -0.2) is 16.7 Å². The van der Waals surface area contributed by atoms with Gasteiger partial charge in [-0.05, 0) is 50.1 Å². The molecule has 0 radical (unpaired) electrons. The molecule has 128 valence electrons. The van der Waals surface area contributed by atoms with Crippen LogP contribution in [0.3, 0.4) is 0 Å². The summed E-state index contributed by atoms with van der Waals surface area (Å²) in [6.45, 7) is 6.27. The number of carbonyl (C=O) groups excluding carboxylic acids is 1. The van der Waals surface area contributed by atoms with E-state index in [9.17, 15) is 4.79 Å². The van der Waals surface area contributed by atoms with Gasteiger partial charge in [0.25, 0.3) is 0 Å². The fourth-order valence-electron chi connectivity index (χ4n) is 2.94. The van der Waals surface area contributed by atoms with E-state index in [-0.39, 0.29) is 11.7 Å². The van der Waals surface area contributed by atoms with Gasteiger partial charge < -0.3 is 8.98 Å². The number of furan rings is 1. The second kappa shape index (κ2) is 7.21. The molecule has 1 amide bonds. The van der Waals surface area contributed by atoms with Crippen LogP contribution < -0.4 is 5.43 Å². The Morgan fingerprint density at radius 1 is 1.24 bits per heavy atom. The van der Waals surface area contributed by atoms with Crippen molar-refractivity contribution in [1.29, 1.82) is 0 Å². The van der Waals surface area contributed by atoms with Gasteiger partial charge in [-0.2, -0.15) is 5.10 Å². The van der Waals surface area contributed by atoms with E-state index in [1.165, 1.54) is 17.5 Å². The molecule has 0 fully saturated rings. The lowest BCUT2D eigenvalue weighted by Crippen LogP contribution is -2.16. The predicted octanol–water partition coefficient (Wildman–Crippen LogP) is 4.01. The third-order valence-electron chi connectivity index (χ3n) is 4.20. The lowest BCUT2D eigenvalue weighted by atomic mass is 10.1. The van der Waals surface area contributed by atoms with Gasteiger partial charge in [0.2, 0.25) is 0 Å². The van der Waals surface area contributed by atoms with Crippen LogP contribution in [0, 0.1) is 13.8 Å². The number of hydrogen-bond donors (Lipinski definition) is 1. The summed E-state index contributed by atoms with van der Waals surface area (Å²) in [7, 11) is 0. The molecule has 0 spiro atoms. The van der Waals surface area contributed by atoms with E-state index >= 15 is 0 Å². The molecule has 0 saturated heterocycles. The van der Waals surface area contributed by atoms with Crippen LogP contribution in [0.1, 0.15) is 40.0 Å². The van der Waals surface area contributed by atoms with Crippen LogP contribution in [0.4, 0.5) is 0 Å². The number of rotatable bonds is 5. The van der Waals surface area contributed by atoms with Gasteiger partial charge in [0, 0.05) is 22.6 Å². The van der Waals surface area contributed by atoms with E-state index in [1.807, 2.05) is 6.07 Å². The number of para-hydroxylation sites is 1. The molecule has 2 aromatic heterocycles. The number of aryl methyl sites for hydroxylation is 2. The Morgan fingerprint density at radius 3 is 2.76 bits per heavy atom. The smallest absolute Gasteiger partial charge is 0.307 e. The van der Waals surface area contributed by atoms with Crippen molar-refractivity contribution in [2.75, 3.05) is 0 Å². The fraction of sp³-hybridized carbons (Fsp3) is 0.200. The van der Waals surface area contributed by atoms with E-state index in [4.69, 9.17) is 4.42 Å². The number of hydrogen-bond acceptors (Lipinski definition) is 3. The van der Waals surface area contributed by atoms with Crippen molar-refractivity contribution in [3.63, 3.8) is 0 Å². The molecule has 5 heteroatoms. The maximum atomic E-state index is 11.8. The SMILES string of the molecule is CCc1ccccc1-n1c(C)cc(/C=N\NC(=O)c2ccco2)c1C. The first-order valence-corrected chi connectivity index (χ1v) is 8.26. The molecular formula is C20H21N3O2. The van der Waals surface area contributed by atoms with E-state index < -0.39 is 0 Å². The monoisotopic (exact) mass is 335 g/mol. The topological polar surface area (TPSA) is 59.5 Å². The predicted molar refractivity (Wildman–Crippen MR) is 98.4 cm³/mol. The van der Waals surface area contributed by atoms with Crippen molar-refractivity contribution in [1.82, 2.24) is 9.99 Å². The molecule has 2 heterocycles. The highest BCUT2D eigenvalue weighted by atomic mass is 16.3. The van der Waals surface area contributed by atoms with Crippen LogP contribution >= 0.6 is 0 Å². The molecule has 0 bridgehead atoms. The minimum Gasteiger partial charge on any atom is -0.459 e. The normalized spacial score (nSPS) is 11.2. The molecule has 5 nitrogen and oxygen atoms in total. The summed E-state index contributed by atoms with van der Waals surface area (Å²) in [5, 5.41) is 4.05. The Labute approximate surface area is 147 Å². The van der Waals surface area contributed by atoms with Gasteiger partial charge in [-0.3, -0.25) is 4.79 Å². The quantitative estimate of drug-likeness (QED) is 0.565. The van der Waals surface area contributed by atoms with Gasteiger partial charge in [0.05, 0.1) is 12.5 Å². The van der Waals surface area contributed by atoms with Gasteiger partial charge in [0.1, 0.15) is 0 Å². The van der Waals surface area contributed by atoms with Crippen LogP contribution in [0.2, 0.25) is 0 Å². The molecule has 0 saturated carbocycles. The van der Waals surface area contributed by atoms with Crippen molar-refractivity contribution >= 4 is 12.1 Å². The summed E-state index contributed by atoms with van der Waals surface area (Å²) in [5.74, 6) is -0.133. The van der Waals surface area contributed by atoms with E-state index in [2.05, 4.69) is 60.1 Å². The second-order valence-electron chi connectivity index (χ2n) is 5.82. The standard InChI is InChI=1S/C20H21N3O2/c1-4-16-8-5-6-9-18(16)23-14(2)12-17(15(23)3)13-21-22-20(24)19-10-7-11-25-19/h5-13H,4H2,1-3H3,(H,22,24)/b21-13-. The summed E-state index contributed by atoms with van der Waals surface area (Å²) < 4.78 is 7.26. The average Bonchev–Trinajstić information content (AvgIpc) is 3.24. The maximum Gasteiger partial charge on any atom is 0.307 e. The minimum absolute atomic E-state index is 0.236. The summed E-state index contributed by atoms with van der Waals surface area (Å²) in [6, 6.07) is 13.7. The van der Waals surface area contributed by atoms with Crippen molar-refractivity contribution in [3.05, 3.63) is 77.0 Å². The Bertz CT molecular complexity index is 905. The number of aromatic nitrogens is 1. The van der Waals surface area contributed by atoms with Crippen LogP contribution in [0.5, 0.6) is 0 Å². The lowest BCUT2D eigenvalue weighted by molar-refractivity contribution is 0.0927. The highest BCUT2D eigenvalue weighted by molar-refractivity contribution is 5.92. The number of benzene rings is 1. The van der Waals surface area contributed by atoms with Crippen molar-refractivity contribution in [2.45, 2.75) is 27.2 Å². The first kappa shape index (κ1) is 16.8. The lowest BCUT2D eigenvalue weighted by Gasteiger charge is -2.13. The zero-order chi connectivity index (χ0) is 17.8. The van der Waals surface area contributed by atoms with Crippen LogP contribution in [0.15, 0.2) is 58.2 Å². The van der Waals surface area contributed by atoms with Gasteiger partial charge >= 0.3 is 5.91 Å². The third-order valence-corrected chi connectivity index (χ3v) is 4.20. The summed E-state index contributed by atoms with van der Waals surface area (Å²) in [6.07, 6.45) is 4.08. The molecule has 0 aliphatic heterocycles. The number of hydrazone groups is 1. The highest BCUT2D eigenvalue weighted by Gasteiger charge is 2.12. The van der Waals surface area contributed by atoms with Crippen LogP contribution in [-0.2, 0) is 6.42 Å². The zero-order valence-corrected chi connectivity index (χ0v) is 14.6.